The molecule has 8 nitrogen and oxygen atoms in total. The number of nitrogens with two attached hydrogens (primary N) is 1. The molecule has 1 saturated carbocycles. The van der Waals surface area contributed by atoms with Crippen LogP contribution < -0.4 is 16.4 Å². The lowest BCUT2D eigenvalue weighted by Crippen LogP contribution is -2.60. The molecule has 4 heterocycles. The fourth-order valence-corrected chi connectivity index (χ4v) is 5.01. The highest BCUT2D eigenvalue weighted by molar-refractivity contribution is 5.93. The van der Waals surface area contributed by atoms with E-state index in [-0.39, 0.29) is 17.9 Å². The minimum Gasteiger partial charge on any atom is -0.369 e. The van der Waals surface area contributed by atoms with Gasteiger partial charge in [-0.2, -0.15) is 5.10 Å². The molecule has 0 aromatic carbocycles. The number of carbonyl (C=O) groups is 2. The number of nitrogens with one attached hydrogen (secondary N) is 2. The van der Waals surface area contributed by atoms with E-state index in [0.717, 1.165) is 25.9 Å². The molecule has 8 heteroatoms. The van der Waals surface area contributed by atoms with Gasteiger partial charge in [-0.3, -0.25) is 14.3 Å². The summed E-state index contributed by atoms with van der Waals surface area (Å²) in [5.74, 6) is -0.435. The van der Waals surface area contributed by atoms with Crippen LogP contribution in [0, 0.1) is 5.41 Å². The zero-order valence-corrected chi connectivity index (χ0v) is 15.4. The van der Waals surface area contributed by atoms with Crippen LogP contribution in [0.15, 0.2) is 12.4 Å². The van der Waals surface area contributed by atoms with Gasteiger partial charge in [0.15, 0.2) is 0 Å². The smallest absolute Gasteiger partial charge is 0.254 e. The number of carbonyl (C=O) groups excluding carboxylic acids is 2. The maximum Gasteiger partial charge on any atom is 0.254 e. The van der Waals surface area contributed by atoms with Gasteiger partial charge in [-0.25, -0.2) is 0 Å². The van der Waals surface area contributed by atoms with E-state index in [0.29, 0.717) is 24.9 Å². The van der Waals surface area contributed by atoms with Crippen molar-refractivity contribution in [3.05, 3.63) is 18.0 Å². The number of hydrogen-bond donors (Lipinski definition) is 3. The van der Waals surface area contributed by atoms with E-state index in [1.165, 1.54) is 0 Å². The highest BCUT2D eigenvalue weighted by Gasteiger charge is 2.77. The van der Waals surface area contributed by atoms with Crippen LogP contribution in [0.1, 0.15) is 55.9 Å². The number of hydrogen-bond acceptors (Lipinski definition) is 5. The second kappa shape index (κ2) is 5.79. The van der Waals surface area contributed by atoms with Crippen LogP contribution in [0.4, 0.5) is 0 Å². The van der Waals surface area contributed by atoms with Crippen LogP contribution >= 0.6 is 0 Å². The first-order chi connectivity index (χ1) is 12.3. The van der Waals surface area contributed by atoms with Crippen LogP contribution in [-0.2, 0) is 9.53 Å². The SMILES string of the molecule is CC(C)n1cc(C(=O)NCC23CC(C(N)=O)(C2)C2(CCNCC2)O3)cn1. The van der Waals surface area contributed by atoms with Gasteiger partial charge in [0.05, 0.1) is 28.4 Å². The number of amides is 2. The molecule has 5 rings (SSSR count). The molecule has 4 aliphatic rings. The third-order valence-electron chi connectivity index (χ3n) is 6.38. The lowest BCUT2D eigenvalue weighted by Gasteiger charge is -2.47. The average molecular weight is 361 g/mol. The normalized spacial score (nSPS) is 31.8. The Kier molecular flexibility index (Phi) is 3.89. The van der Waals surface area contributed by atoms with Crippen molar-refractivity contribution < 1.29 is 14.3 Å². The van der Waals surface area contributed by atoms with Gasteiger partial charge in [0.2, 0.25) is 5.91 Å². The van der Waals surface area contributed by atoms with Crippen LogP contribution in [0.3, 0.4) is 0 Å². The van der Waals surface area contributed by atoms with Crippen molar-refractivity contribution in [2.24, 2.45) is 11.1 Å². The predicted molar refractivity (Wildman–Crippen MR) is 94.5 cm³/mol. The zero-order chi connectivity index (χ0) is 18.6. The Labute approximate surface area is 152 Å². The van der Waals surface area contributed by atoms with E-state index in [4.69, 9.17) is 10.5 Å². The predicted octanol–water partition coefficient (Wildman–Crippen LogP) is 0.351. The Morgan fingerprint density at radius 3 is 2.65 bits per heavy atom. The fourth-order valence-electron chi connectivity index (χ4n) is 5.01. The minimum atomic E-state index is -0.581. The van der Waals surface area contributed by atoms with Gasteiger partial charge in [0.25, 0.3) is 5.91 Å². The van der Waals surface area contributed by atoms with Crippen molar-refractivity contribution in [3.63, 3.8) is 0 Å². The topological polar surface area (TPSA) is 111 Å². The van der Waals surface area contributed by atoms with Gasteiger partial charge in [0, 0.05) is 18.8 Å². The highest BCUT2D eigenvalue weighted by Crippen LogP contribution is 2.68. The molecule has 1 aromatic heterocycles. The number of primary amides is 1. The van der Waals surface area contributed by atoms with Crippen LogP contribution in [0.25, 0.3) is 0 Å². The molecule has 4 fully saturated rings. The third-order valence-corrected chi connectivity index (χ3v) is 6.38. The van der Waals surface area contributed by atoms with Gasteiger partial charge in [0.1, 0.15) is 0 Å². The molecule has 0 unspecified atom stereocenters. The van der Waals surface area contributed by atoms with E-state index < -0.39 is 16.6 Å². The van der Waals surface area contributed by atoms with Gasteiger partial charge >= 0.3 is 0 Å². The van der Waals surface area contributed by atoms with Crippen molar-refractivity contribution in [1.29, 1.82) is 0 Å². The van der Waals surface area contributed by atoms with Crippen LogP contribution in [-0.4, -0.2) is 52.4 Å². The summed E-state index contributed by atoms with van der Waals surface area (Å²) in [6.45, 7) is 6.06. The molecular weight excluding hydrogens is 334 g/mol. The van der Waals surface area contributed by atoms with Crippen molar-refractivity contribution >= 4 is 11.8 Å². The standard InChI is InChI=1S/C18H27N5O3/c1-12(2)23-8-13(7-22-23)14(24)21-11-16-9-17(10-16,15(19)25)18(26-16)3-5-20-6-4-18/h7-8,12,20H,3-6,9-11H2,1-2H3,(H2,19,25)(H,21,24). The Bertz CT molecular complexity index is 729. The molecule has 26 heavy (non-hydrogen) atoms. The molecule has 1 aromatic rings. The maximum absolute atomic E-state index is 12.5. The number of piperidine rings is 1. The first-order valence-electron chi connectivity index (χ1n) is 9.35. The number of aromatic nitrogens is 2. The van der Waals surface area contributed by atoms with Gasteiger partial charge in [-0.15, -0.1) is 0 Å². The highest BCUT2D eigenvalue weighted by atomic mass is 16.5. The summed E-state index contributed by atoms with van der Waals surface area (Å²) >= 11 is 0. The van der Waals surface area contributed by atoms with Crippen molar-refractivity contribution in [2.75, 3.05) is 19.6 Å². The molecule has 0 atom stereocenters. The third kappa shape index (κ3) is 2.39. The maximum atomic E-state index is 12.5. The summed E-state index contributed by atoms with van der Waals surface area (Å²) in [5.41, 5.74) is 4.78. The van der Waals surface area contributed by atoms with Crippen molar-refractivity contribution in [3.8, 4) is 0 Å². The summed E-state index contributed by atoms with van der Waals surface area (Å²) in [6.07, 6.45) is 6.09. The average Bonchev–Trinajstić information content (AvgIpc) is 3.22. The van der Waals surface area contributed by atoms with Crippen LogP contribution in [0.5, 0.6) is 0 Å². The van der Waals surface area contributed by atoms with Crippen LogP contribution in [0.2, 0.25) is 0 Å². The summed E-state index contributed by atoms with van der Waals surface area (Å²) in [6, 6.07) is 0.205. The molecule has 2 bridgehead atoms. The minimum absolute atomic E-state index is 0.169. The molecular formula is C18H27N5O3. The first-order valence-corrected chi connectivity index (χ1v) is 9.35. The number of ether oxygens (including phenoxy) is 1. The van der Waals surface area contributed by atoms with Crippen molar-refractivity contribution in [1.82, 2.24) is 20.4 Å². The molecule has 0 radical (unpaired) electrons. The van der Waals surface area contributed by atoms with E-state index >= 15 is 0 Å². The van der Waals surface area contributed by atoms with E-state index in [1.807, 2.05) is 13.8 Å². The molecule has 4 N–H and O–H groups in total. The summed E-state index contributed by atoms with van der Waals surface area (Å²) < 4.78 is 8.22. The zero-order valence-electron chi connectivity index (χ0n) is 15.4. The Morgan fingerprint density at radius 1 is 1.38 bits per heavy atom. The lowest BCUT2D eigenvalue weighted by atomic mass is 9.53. The van der Waals surface area contributed by atoms with Crippen molar-refractivity contribution in [2.45, 2.75) is 56.8 Å². The lowest BCUT2D eigenvalue weighted by molar-refractivity contribution is -0.137. The Hall–Kier alpha value is -1.93. The Balaban J connectivity index is 1.45. The van der Waals surface area contributed by atoms with E-state index in [2.05, 4.69) is 15.7 Å². The largest absolute Gasteiger partial charge is 0.369 e. The fraction of sp³-hybridized carbons (Fsp3) is 0.722. The van der Waals surface area contributed by atoms with Gasteiger partial charge in [-0.05, 0) is 52.6 Å². The quantitative estimate of drug-likeness (QED) is 0.701. The second-order valence-electron chi connectivity index (χ2n) is 8.31. The summed E-state index contributed by atoms with van der Waals surface area (Å²) in [5, 5.41) is 10.5. The van der Waals surface area contributed by atoms with E-state index in [1.54, 1.807) is 17.1 Å². The van der Waals surface area contributed by atoms with Gasteiger partial charge < -0.3 is 21.1 Å². The molecule has 1 spiro atoms. The van der Waals surface area contributed by atoms with E-state index in [9.17, 15) is 9.59 Å². The molecule has 3 aliphatic heterocycles. The summed E-state index contributed by atoms with van der Waals surface area (Å²) in [4.78, 5) is 24.7. The number of nitrogens with zero attached hydrogens (tertiary/aromatic N) is 2. The van der Waals surface area contributed by atoms with Gasteiger partial charge in [-0.1, -0.05) is 0 Å². The first kappa shape index (κ1) is 17.5. The molecule has 142 valence electrons. The summed E-state index contributed by atoms with van der Waals surface area (Å²) in [7, 11) is 0. The number of rotatable bonds is 5. The molecule has 1 aliphatic carbocycles. The monoisotopic (exact) mass is 361 g/mol. The Morgan fingerprint density at radius 2 is 2.08 bits per heavy atom. The second-order valence-corrected chi connectivity index (χ2v) is 8.31. The molecule has 3 saturated heterocycles. The molecule has 2 amide bonds.